The fourth-order valence-corrected chi connectivity index (χ4v) is 3.76. The first kappa shape index (κ1) is 19.4. The summed E-state index contributed by atoms with van der Waals surface area (Å²) in [7, 11) is 0. The Balaban J connectivity index is 1.40. The van der Waals surface area contributed by atoms with Crippen LogP contribution < -0.4 is 0 Å². The van der Waals surface area contributed by atoms with Gasteiger partial charge in [-0.1, -0.05) is 18.2 Å². The molecule has 152 valence electrons. The monoisotopic (exact) mass is 408 g/mol. The number of esters is 1. The Morgan fingerprint density at radius 3 is 2.60 bits per heavy atom. The normalized spacial score (nSPS) is 14.5. The molecule has 0 bridgehead atoms. The predicted octanol–water partition coefficient (Wildman–Crippen LogP) is 2.11. The van der Waals surface area contributed by atoms with Gasteiger partial charge in [-0.2, -0.15) is 0 Å². The highest BCUT2D eigenvalue weighted by molar-refractivity contribution is 6.24. The minimum absolute atomic E-state index is 0.142. The third kappa shape index (κ3) is 3.34. The number of nitro groups is 1. The van der Waals surface area contributed by atoms with E-state index in [2.05, 4.69) is 0 Å². The van der Waals surface area contributed by atoms with Crippen LogP contribution in [0.15, 0.2) is 36.4 Å². The molecule has 1 heterocycles. The number of Topliss-reactive ketones (excluding diaryl/α,β-unsaturated/α-hetero) is 1. The van der Waals surface area contributed by atoms with E-state index in [1.54, 1.807) is 12.1 Å². The maximum absolute atomic E-state index is 12.5. The predicted molar refractivity (Wildman–Crippen MR) is 102 cm³/mol. The van der Waals surface area contributed by atoms with Gasteiger partial charge >= 0.3 is 5.97 Å². The summed E-state index contributed by atoms with van der Waals surface area (Å²) in [5, 5.41) is 11.1. The number of rotatable bonds is 6. The number of hydrogen-bond donors (Lipinski definition) is 0. The minimum Gasteiger partial charge on any atom is -0.456 e. The number of ether oxygens (including phenoxy) is 1. The van der Waals surface area contributed by atoms with Crippen LogP contribution in [0.3, 0.4) is 0 Å². The van der Waals surface area contributed by atoms with Crippen LogP contribution in [0.5, 0.6) is 0 Å². The van der Waals surface area contributed by atoms with Crippen LogP contribution in [-0.4, -0.2) is 46.5 Å². The smallest absolute Gasteiger partial charge is 0.326 e. The van der Waals surface area contributed by atoms with Crippen molar-refractivity contribution in [1.82, 2.24) is 4.90 Å². The molecular weight excluding hydrogens is 392 g/mol. The number of nitrogens with zero attached hydrogens (tertiary/aromatic N) is 2. The van der Waals surface area contributed by atoms with Crippen LogP contribution in [0, 0.1) is 10.1 Å². The fraction of sp³-hybridized carbons (Fsp3) is 0.238. The number of aryl methyl sites for hydroxylation is 2. The van der Waals surface area contributed by atoms with E-state index in [1.807, 2.05) is 6.07 Å². The molecule has 1 aliphatic carbocycles. The van der Waals surface area contributed by atoms with Gasteiger partial charge in [0.05, 0.1) is 10.5 Å². The summed E-state index contributed by atoms with van der Waals surface area (Å²) < 4.78 is 4.94. The van der Waals surface area contributed by atoms with Crippen molar-refractivity contribution in [2.45, 2.75) is 19.3 Å². The van der Waals surface area contributed by atoms with E-state index in [4.69, 9.17) is 4.74 Å². The van der Waals surface area contributed by atoms with Crippen LogP contribution in [0.1, 0.15) is 48.6 Å². The van der Waals surface area contributed by atoms with E-state index in [-0.39, 0.29) is 11.1 Å². The van der Waals surface area contributed by atoms with Crippen LogP contribution in [0.4, 0.5) is 5.69 Å². The number of carbonyl (C=O) groups is 4. The maximum Gasteiger partial charge on any atom is 0.326 e. The van der Waals surface area contributed by atoms with E-state index in [0.29, 0.717) is 10.5 Å². The molecule has 1 aliphatic heterocycles. The van der Waals surface area contributed by atoms with E-state index in [9.17, 15) is 29.3 Å². The molecule has 0 spiro atoms. The number of benzene rings is 2. The molecule has 2 aromatic rings. The summed E-state index contributed by atoms with van der Waals surface area (Å²) >= 11 is 0. The first-order chi connectivity index (χ1) is 14.4. The summed E-state index contributed by atoms with van der Waals surface area (Å²) in [5.41, 5.74) is 1.75. The van der Waals surface area contributed by atoms with Gasteiger partial charge in [-0.3, -0.25) is 34.2 Å². The highest BCUT2D eigenvalue weighted by atomic mass is 16.6. The Morgan fingerprint density at radius 2 is 1.83 bits per heavy atom. The standard InChI is InChI=1S/C21H16N2O7/c24-17(14-8-7-12-3-1-4-13(12)9-14)11-30-18(25)10-22-20(26)15-5-2-6-16(23(28)29)19(15)21(22)27/h2,5-9H,1,3-4,10-11H2. The molecule has 0 saturated heterocycles. The average molecular weight is 408 g/mol. The van der Waals surface area contributed by atoms with Crippen molar-refractivity contribution < 1.29 is 28.8 Å². The van der Waals surface area contributed by atoms with E-state index in [0.717, 1.165) is 30.9 Å². The lowest BCUT2D eigenvalue weighted by molar-refractivity contribution is -0.385. The molecule has 9 nitrogen and oxygen atoms in total. The number of nitro benzene ring substituents is 1. The van der Waals surface area contributed by atoms with Gasteiger partial charge < -0.3 is 4.74 Å². The third-order valence-electron chi connectivity index (χ3n) is 5.25. The number of carbonyl (C=O) groups excluding carboxylic acids is 4. The van der Waals surface area contributed by atoms with Gasteiger partial charge in [-0.15, -0.1) is 0 Å². The molecule has 0 fully saturated rings. The van der Waals surface area contributed by atoms with Crippen LogP contribution in [-0.2, 0) is 22.4 Å². The quantitative estimate of drug-likeness (QED) is 0.236. The van der Waals surface area contributed by atoms with Crippen molar-refractivity contribution in [2.24, 2.45) is 0 Å². The summed E-state index contributed by atoms with van der Waals surface area (Å²) in [6, 6.07) is 9.06. The SMILES string of the molecule is O=C(CN1C(=O)c2cccc([N+](=O)[O-])c2C1=O)OCC(=O)c1ccc2c(c1)CCC2. The summed E-state index contributed by atoms with van der Waals surface area (Å²) in [6.07, 6.45) is 2.93. The van der Waals surface area contributed by atoms with Gasteiger partial charge in [-0.25, -0.2) is 0 Å². The van der Waals surface area contributed by atoms with Crippen molar-refractivity contribution >= 4 is 29.3 Å². The van der Waals surface area contributed by atoms with Gasteiger partial charge in [0.2, 0.25) is 0 Å². The molecule has 0 radical (unpaired) electrons. The molecule has 0 saturated carbocycles. The second-order valence-electron chi connectivity index (χ2n) is 7.07. The number of hydrogen-bond acceptors (Lipinski definition) is 7. The molecule has 0 atom stereocenters. The lowest BCUT2D eigenvalue weighted by Crippen LogP contribution is -2.36. The molecular formula is C21H16N2O7. The zero-order valence-corrected chi connectivity index (χ0v) is 15.8. The molecule has 2 amide bonds. The highest BCUT2D eigenvalue weighted by Gasteiger charge is 2.42. The van der Waals surface area contributed by atoms with Crippen molar-refractivity contribution in [1.29, 1.82) is 0 Å². The average Bonchev–Trinajstić information content (AvgIpc) is 3.30. The third-order valence-corrected chi connectivity index (χ3v) is 5.25. The molecule has 0 unspecified atom stereocenters. The van der Waals surface area contributed by atoms with Crippen molar-refractivity contribution in [3.8, 4) is 0 Å². The van der Waals surface area contributed by atoms with Gasteiger partial charge in [0.25, 0.3) is 17.5 Å². The zero-order chi connectivity index (χ0) is 21.4. The Morgan fingerprint density at radius 1 is 1.07 bits per heavy atom. The molecule has 30 heavy (non-hydrogen) atoms. The topological polar surface area (TPSA) is 124 Å². The van der Waals surface area contributed by atoms with E-state index >= 15 is 0 Å². The number of amides is 2. The number of ketones is 1. The number of imide groups is 1. The molecule has 9 heteroatoms. The molecule has 0 N–H and O–H groups in total. The molecule has 0 aromatic heterocycles. The van der Waals surface area contributed by atoms with Gasteiger partial charge in [0.1, 0.15) is 12.1 Å². The lowest BCUT2D eigenvalue weighted by atomic mass is 10.0. The van der Waals surface area contributed by atoms with E-state index in [1.165, 1.54) is 17.7 Å². The fourth-order valence-electron chi connectivity index (χ4n) is 3.76. The molecule has 2 aliphatic rings. The summed E-state index contributed by atoms with van der Waals surface area (Å²) in [4.78, 5) is 60.2. The van der Waals surface area contributed by atoms with Crippen LogP contribution in [0.2, 0.25) is 0 Å². The molecule has 4 rings (SSSR count). The van der Waals surface area contributed by atoms with Crippen molar-refractivity contribution in [3.63, 3.8) is 0 Å². The first-order valence-electron chi connectivity index (χ1n) is 9.31. The Kier molecular flexibility index (Phi) is 4.86. The first-order valence-corrected chi connectivity index (χ1v) is 9.31. The second-order valence-corrected chi connectivity index (χ2v) is 7.07. The van der Waals surface area contributed by atoms with Gasteiger partial charge in [-0.05, 0) is 42.5 Å². The highest BCUT2D eigenvalue weighted by Crippen LogP contribution is 2.30. The minimum atomic E-state index is -0.957. The second kappa shape index (κ2) is 7.51. The molecule has 2 aromatic carbocycles. The Bertz CT molecular complexity index is 1120. The largest absolute Gasteiger partial charge is 0.456 e. The Labute approximate surface area is 170 Å². The summed E-state index contributed by atoms with van der Waals surface area (Å²) in [6.45, 7) is -1.26. The summed E-state index contributed by atoms with van der Waals surface area (Å²) in [5.74, 6) is -3.11. The van der Waals surface area contributed by atoms with Gasteiger partial charge in [0.15, 0.2) is 12.4 Å². The van der Waals surface area contributed by atoms with Crippen molar-refractivity contribution in [2.75, 3.05) is 13.2 Å². The van der Waals surface area contributed by atoms with Crippen LogP contribution >= 0.6 is 0 Å². The number of fused-ring (bicyclic) bond motifs is 2. The maximum atomic E-state index is 12.5. The van der Waals surface area contributed by atoms with Crippen LogP contribution in [0.25, 0.3) is 0 Å². The van der Waals surface area contributed by atoms with E-state index < -0.39 is 47.3 Å². The Hall–Kier alpha value is -3.88. The van der Waals surface area contributed by atoms with Gasteiger partial charge in [0, 0.05) is 11.6 Å². The zero-order valence-electron chi connectivity index (χ0n) is 15.8. The lowest BCUT2D eigenvalue weighted by Gasteiger charge is -2.13. The van der Waals surface area contributed by atoms with Crippen molar-refractivity contribution in [3.05, 3.63) is 74.3 Å².